The molecule has 0 atom stereocenters. The lowest BCUT2D eigenvalue weighted by molar-refractivity contribution is 0.290. The number of ether oxygens (including phenoxy) is 1. The molecule has 0 aliphatic rings. The molecule has 2 nitrogen and oxygen atoms in total. The number of hydrogen-bond donors (Lipinski definition) is 0. The van der Waals surface area contributed by atoms with E-state index in [1.165, 1.54) is 0 Å². The number of pyridine rings is 1. The second-order valence-corrected chi connectivity index (χ2v) is 3.60. The molecule has 0 bridgehead atoms. The first kappa shape index (κ1) is 10.7. The molecule has 2 rings (SSSR count). The lowest BCUT2D eigenvalue weighted by Gasteiger charge is -2.08. The van der Waals surface area contributed by atoms with Gasteiger partial charge in [0.05, 0.1) is 0 Å². The molecule has 0 aliphatic heterocycles. The van der Waals surface area contributed by atoms with Crippen molar-refractivity contribution in [2.75, 3.05) is 0 Å². The highest BCUT2D eigenvalue weighted by Crippen LogP contribution is 2.16. The number of hydrogen-bond acceptors (Lipinski definition) is 2. The van der Waals surface area contributed by atoms with Crippen molar-refractivity contribution in [2.45, 2.75) is 20.0 Å². The van der Waals surface area contributed by atoms with Crippen LogP contribution in [0.15, 0.2) is 48.7 Å². The summed E-state index contributed by atoms with van der Waals surface area (Å²) in [5.41, 5.74) is 2.31. The maximum absolute atomic E-state index is 5.70. The van der Waals surface area contributed by atoms with Crippen LogP contribution >= 0.6 is 0 Å². The Labute approximate surface area is 95.9 Å². The SMILES string of the molecule is CCc1cccnc1OCc1ccccc1. The summed E-state index contributed by atoms with van der Waals surface area (Å²) in [5.74, 6) is 0.744. The molecule has 1 aromatic heterocycles. The van der Waals surface area contributed by atoms with Crippen LogP contribution in [0.4, 0.5) is 0 Å². The van der Waals surface area contributed by atoms with Crippen LogP contribution in [0.2, 0.25) is 0 Å². The van der Waals surface area contributed by atoms with Crippen LogP contribution in [0.3, 0.4) is 0 Å². The van der Waals surface area contributed by atoms with Crippen LogP contribution in [0.25, 0.3) is 0 Å². The molecule has 0 N–H and O–H groups in total. The van der Waals surface area contributed by atoms with Crippen molar-refractivity contribution in [3.05, 3.63) is 59.8 Å². The lowest BCUT2D eigenvalue weighted by atomic mass is 10.2. The fourth-order valence-corrected chi connectivity index (χ4v) is 1.55. The Hall–Kier alpha value is -1.83. The molecule has 0 saturated heterocycles. The van der Waals surface area contributed by atoms with Gasteiger partial charge in [-0.15, -0.1) is 0 Å². The van der Waals surface area contributed by atoms with Crippen molar-refractivity contribution >= 4 is 0 Å². The van der Waals surface area contributed by atoms with E-state index in [-0.39, 0.29) is 0 Å². The van der Waals surface area contributed by atoms with E-state index in [1.54, 1.807) is 6.20 Å². The predicted molar refractivity (Wildman–Crippen MR) is 64.4 cm³/mol. The predicted octanol–water partition coefficient (Wildman–Crippen LogP) is 3.22. The third-order valence-electron chi connectivity index (χ3n) is 2.45. The topological polar surface area (TPSA) is 22.1 Å². The highest BCUT2D eigenvalue weighted by molar-refractivity contribution is 5.25. The van der Waals surface area contributed by atoms with E-state index >= 15 is 0 Å². The monoisotopic (exact) mass is 213 g/mol. The molecular formula is C14H15NO. The summed E-state index contributed by atoms with van der Waals surface area (Å²) in [6.07, 6.45) is 2.71. The average Bonchev–Trinajstić information content (AvgIpc) is 2.38. The first-order valence-corrected chi connectivity index (χ1v) is 5.50. The zero-order chi connectivity index (χ0) is 11.2. The van der Waals surface area contributed by atoms with Crippen LogP contribution in [-0.2, 0) is 13.0 Å². The highest BCUT2D eigenvalue weighted by Gasteiger charge is 2.02. The van der Waals surface area contributed by atoms with Crippen LogP contribution in [0.5, 0.6) is 5.88 Å². The van der Waals surface area contributed by atoms with Crippen molar-refractivity contribution in [1.82, 2.24) is 4.98 Å². The van der Waals surface area contributed by atoms with E-state index in [9.17, 15) is 0 Å². The van der Waals surface area contributed by atoms with Gasteiger partial charge in [0.25, 0.3) is 0 Å². The van der Waals surface area contributed by atoms with E-state index in [2.05, 4.69) is 24.0 Å². The Morgan fingerprint density at radius 2 is 1.88 bits per heavy atom. The molecule has 1 heterocycles. The number of rotatable bonds is 4. The van der Waals surface area contributed by atoms with Gasteiger partial charge in [-0.3, -0.25) is 0 Å². The molecule has 0 saturated carbocycles. The third-order valence-corrected chi connectivity index (χ3v) is 2.45. The molecule has 0 fully saturated rings. The minimum absolute atomic E-state index is 0.574. The van der Waals surface area contributed by atoms with Gasteiger partial charge in [0.1, 0.15) is 6.61 Å². The van der Waals surface area contributed by atoms with Crippen LogP contribution in [0.1, 0.15) is 18.1 Å². The molecule has 0 spiro atoms. The van der Waals surface area contributed by atoms with Gasteiger partial charge in [-0.1, -0.05) is 43.3 Å². The maximum Gasteiger partial charge on any atom is 0.216 e. The van der Waals surface area contributed by atoms with Crippen molar-refractivity contribution in [3.8, 4) is 5.88 Å². The molecule has 82 valence electrons. The minimum Gasteiger partial charge on any atom is -0.473 e. The fraction of sp³-hybridized carbons (Fsp3) is 0.214. The van der Waals surface area contributed by atoms with E-state index in [0.29, 0.717) is 6.61 Å². The number of aryl methyl sites for hydroxylation is 1. The summed E-state index contributed by atoms with van der Waals surface area (Å²) in [6, 6.07) is 14.1. The molecule has 2 heteroatoms. The van der Waals surface area contributed by atoms with Gasteiger partial charge in [0.2, 0.25) is 5.88 Å². The molecule has 0 aliphatic carbocycles. The second kappa shape index (κ2) is 5.31. The standard InChI is InChI=1S/C14H15NO/c1-2-13-9-6-10-15-14(13)16-11-12-7-4-3-5-8-12/h3-10H,2,11H2,1H3. The lowest BCUT2D eigenvalue weighted by Crippen LogP contribution is -1.99. The Balaban J connectivity index is 2.05. The van der Waals surface area contributed by atoms with E-state index < -0.39 is 0 Å². The van der Waals surface area contributed by atoms with Gasteiger partial charge >= 0.3 is 0 Å². The van der Waals surface area contributed by atoms with Crippen molar-refractivity contribution in [2.24, 2.45) is 0 Å². The summed E-state index contributed by atoms with van der Waals surface area (Å²) >= 11 is 0. The molecule has 1 aromatic carbocycles. The third kappa shape index (κ3) is 2.60. The summed E-state index contributed by atoms with van der Waals surface area (Å²) < 4.78 is 5.70. The second-order valence-electron chi connectivity index (χ2n) is 3.60. The van der Waals surface area contributed by atoms with Crippen molar-refractivity contribution < 1.29 is 4.74 Å². The van der Waals surface area contributed by atoms with E-state index in [1.807, 2.05) is 30.3 Å². The Kier molecular flexibility index (Phi) is 3.54. The maximum atomic E-state index is 5.70. The summed E-state index contributed by atoms with van der Waals surface area (Å²) in [7, 11) is 0. The fourth-order valence-electron chi connectivity index (χ4n) is 1.55. The first-order chi connectivity index (χ1) is 7.90. The minimum atomic E-state index is 0.574. The van der Waals surface area contributed by atoms with Gasteiger partial charge in [0.15, 0.2) is 0 Å². The number of aromatic nitrogens is 1. The van der Waals surface area contributed by atoms with Crippen molar-refractivity contribution in [3.63, 3.8) is 0 Å². The van der Waals surface area contributed by atoms with Crippen LogP contribution in [0, 0.1) is 0 Å². The molecule has 2 aromatic rings. The zero-order valence-electron chi connectivity index (χ0n) is 9.39. The molecule has 0 amide bonds. The Bertz CT molecular complexity index is 439. The van der Waals surface area contributed by atoms with Gasteiger partial charge in [0, 0.05) is 11.8 Å². The summed E-state index contributed by atoms with van der Waals surface area (Å²) in [6.45, 7) is 2.68. The van der Waals surface area contributed by atoms with Gasteiger partial charge in [-0.2, -0.15) is 0 Å². The molecule has 16 heavy (non-hydrogen) atoms. The zero-order valence-corrected chi connectivity index (χ0v) is 9.39. The summed E-state index contributed by atoms with van der Waals surface area (Å²) in [5, 5.41) is 0. The largest absolute Gasteiger partial charge is 0.473 e. The van der Waals surface area contributed by atoms with E-state index in [0.717, 1.165) is 23.4 Å². The quantitative estimate of drug-likeness (QED) is 0.778. The Morgan fingerprint density at radius 3 is 2.62 bits per heavy atom. The van der Waals surface area contributed by atoms with Crippen LogP contribution < -0.4 is 4.74 Å². The van der Waals surface area contributed by atoms with E-state index in [4.69, 9.17) is 4.74 Å². The normalized spacial score (nSPS) is 10.1. The Morgan fingerprint density at radius 1 is 1.06 bits per heavy atom. The van der Waals surface area contributed by atoms with Crippen LogP contribution in [-0.4, -0.2) is 4.98 Å². The average molecular weight is 213 g/mol. The number of benzene rings is 1. The van der Waals surface area contributed by atoms with Gasteiger partial charge in [-0.05, 0) is 18.1 Å². The summed E-state index contributed by atoms with van der Waals surface area (Å²) in [4.78, 5) is 4.24. The van der Waals surface area contributed by atoms with Gasteiger partial charge in [-0.25, -0.2) is 4.98 Å². The highest BCUT2D eigenvalue weighted by atomic mass is 16.5. The van der Waals surface area contributed by atoms with Crippen molar-refractivity contribution in [1.29, 1.82) is 0 Å². The van der Waals surface area contributed by atoms with Gasteiger partial charge < -0.3 is 4.74 Å². The first-order valence-electron chi connectivity index (χ1n) is 5.50. The molecule has 0 unspecified atom stereocenters. The molecule has 0 radical (unpaired) electrons. The smallest absolute Gasteiger partial charge is 0.216 e. The molecular weight excluding hydrogens is 198 g/mol. The number of nitrogens with zero attached hydrogens (tertiary/aromatic N) is 1.